The van der Waals surface area contributed by atoms with Crippen LogP contribution in [0.4, 0.5) is 4.79 Å². The fraction of sp³-hybridized carbons (Fsp3) is 0.750. The van der Waals surface area contributed by atoms with E-state index in [1.54, 1.807) is 6.92 Å². The molecule has 46 heavy (non-hydrogen) atoms. The monoisotopic (exact) mass is 668 g/mol. The number of hydrogen-bond donors (Lipinski definition) is 7. The van der Waals surface area contributed by atoms with Gasteiger partial charge in [-0.3, -0.25) is 19.2 Å². The summed E-state index contributed by atoms with van der Waals surface area (Å²) in [5, 5.41) is 36.5. The number of thiazole rings is 1. The summed E-state index contributed by atoms with van der Waals surface area (Å²) in [6.07, 6.45) is -1.35. The molecule has 0 aromatic carbocycles. The second-order valence-electron chi connectivity index (χ2n) is 13.3. The van der Waals surface area contributed by atoms with Crippen molar-refractivity contribution in [2.24, 2.45) is 29.6 Å². The zero-order valence-electron chi connectivity index (χ0n) is 28.8. The Balaban J connectivity index is 3.04. The normalized spacial score (nSPS) is 15.4. The number of carboxylic acid groups (broad SMARTS) is 1. The Bertz CT molecular complexity index is 1140. The van der Waals surface area contributed by atoms with Crippen molar-refractivity contribution in [1.29, 1.82) is 0 Å². The van der Waals surface area contributed by atoms with Crippen LogP contribution in [0.25, 0.3) is 0 Å². The number of hydrogen-bond acceptors (Lipinski definition) is 8. The number of aliphatic hydroxyl groups excluding tert-OH is 1. The van der Waals surface area contributed by atoms with Gasteiger partial charge in [-0.15, -0.1) is 11.3 Å². The van der Waals surface area contributed by atoms with Crippen LogP contribution in [0.1, 0.15) is 85.4 Å². The molecule has 0 bridgehead atoms. The molecule has 0 aliphatic carbocycles. The molecule has 0 radical (unpaired) electrons. The lowest BCUT2D eigenvalue weighted by Crippen LogP contribution is -2.57. The quantitative estimate of drug-likeness (QED) is 0.110. The van der Waals surface area contributed by atoms with Crippen LogP contribution in [0.5, 0.6) is 0 Å². The van der Waals surface area contributed by atoms with E-state index in [4.69, 9.17) is 0 Å². The second kappa shape index (κ2) is 20.1. The van der Waals surface area contributed by atoms with Gasteiger partial charge in [0.15, 0.2) is 0 Å². The SMILES string of the molecule is CC[C@H](C[C@H](O)[C@H](CC(C)C)NC(=O)[C@H](CNC(=O)O)NC(=O)[C@@H](C)Cc1nc(C)cs1)C(=O)N[C@H](C(=O)NCC(C)C)C(C)C. The molecule has 0 aliphatic heterocycles. The lowest BCUT2D eigenvalue weighted by molar-refractivity contribution is -0.133. The molecule has 14 heteroatoms. The van der Waals surface area contributed by atoms with Crippen molar-refractivity contribution in [3.63, 3.8) is 0 Å². The minimum atomic E-state index is -1.36. The van der Waals surface area contributed by atoms with Gasteiger partial charge in [-0.25, -0.2) is 9.78 Å². The number of aryl methyl sites for hydroxylation is 1. The highest BCUT2D eigenvalue weighted by atomic mass is 32.1. The maximum absolute atomic E-state index is 13.5. The Morgan fingerprint density at radius 2 is 1.48 bits per heavy atom. The van der Waals surface area contributed by atoms with Gasteiger partial charge >= 0.3 is 6.09 Å². The van der Waals surface area contributed by atoms with Crippen LogP contribution in [-0.2, 0) is 25.6 Å². The van der Waals surface area contributed by atoms with E-state index in [0.29, 0.717) is 25.8 Å². The molecule has 0 aliphatic rings. The third kappa shape index (κ3) is 14.9. The Hall–Kier alpha value is -3.26. The molecule has 0 spiro atoms. The number of nitrogens with one attached hydrogen (secondary N) is 5. The summed E-state index contributed by atoms with van der Waals surface area (Å²) in [5.41, 5.74) is 0.847. The molecule has 5 amide bonds. The van der Waals surface area contributed by atoms with Crippen LogP contribution in [-0.4, -0.2) is 82.2 Å². The molecule has 262 valence electrons. The van der Waals surface area contributed by atoms with Crippen molar-refractivity contribution in [3.05, 3.63) is 16.1 Å². The summed E-state index contributed by atoms with van der Waals surface area (Å²) in [7, 11) is 0. The van der Waals surface area contributed by atoms with Crippen molar-refractivity contribution in [1.82, 2.24) is 31.6 Å². The van der Waals surface area contributed by atoms with Gasteiger partial charge in [0.1, 0.15) is 12.1 Å². The Morgan fingerprint density at radius 3 is 1.98 bits per heavy atom. The van der Waals surface area contributed by atoms with Gasteiger partial charge < -0.3 is 36.8 Å². The van der Waals surface area contributed by atoms with Crippen molar-refractivity contribution in [3.8, 4) is 0 Å². The molecular weight excluding hydrogens is 612 g/mol. The van der Waals surface area contributed by atoms with Crippen LogP contribution in [0, 0.1) is 36.5 Å². The van der Waals surface area contributed by atoms with E-state index in [-0.39, 0.29) is 42.5 Å². The molecule has 0 saturated heterocycles. The summed E-state index contributed by atoms with van der Waals surface area (Å²) in [4.78, 5) is 68.2. The van der Waals surface area contributed by atoms with Gasteiger partial charge in [-0.1, -0.05) is 55.4 Å². The smallest absolute Gasteiger partial charge is 0.404 e. The number of nitrogens with zero attached hydrogens (tertiary/aromatic N) is 1. The van der Waals surface area contributed by atoms with Gasteiger partial charge in [-0.2, -0.15) is 0 Å². The predicted molar refractivity (Wildman–Crippen MR) is 178 cm³/mol. The Morgan fingerprint density at radius 1 is 0.826 bits per heavy atom. The van der Waals surface area contributed by atoms with Crippen molar-refractivity contribution < 1.29 is 34.2 Å². The van der Waals surface area contributed by atoms with E-state index >= 15 is 0 Å². The zero-order valence-corrected chi connectivity index (χ0v) is 29.6. The zero-order chi connectivity index (χ0) is 35.1. The molecule has 1 aromatic rings. The molecule has 1 heterocycles. The van der Waals surface area contributed by atoms with Crippen LogP contribution in [0.2, 0.25) is 0 Å². The van der Waals surface area contributed by atoms with Gasteiger partial charge in [0.2, 0.25) is 23.6 Å². The Labute approximate surface area is 277 Å². The maximum Gasteiger partial charge on any atom is 0.404 e. The summed E-state index contributed by atoms with van der Waals surface area (Å²) in [5.74, 6) is -2.77. The number of amides is 5. The molecule has 1 rings (SSSR count). The highest BCUT2D eigenvalue weighted by Gasteiger charge is 2.33. The standard InChI is InChI=1S/C32H56N6O7S/c1-10-22(29(41)38-27(19(6)7)31(43)33-14-18(4)5)13-25(39)23(11-17(2)3)36-30(42)24(15-34-32(44)45)37-28(40)20(8)12-26-35-21(9)16-46-26/h16-20,22-25,27,34,39H,10-15H2,1-9H3,(H,33,43)(H,36,42)(H,37,40)(H,38,41)(H,44,45)/t20-,22+,23-,24-,25-,27-/m0/s1. The van der Waals surface area contributed by atoms with Gasteiger partial charge in [0.05, 0.1) is 23.7 Å². The number of rotatable bonds is 20. The van der Waals surface area contributed by atoms with E-state index in [9.17, 15) is 34.2 Å². The fourth-order valence-corrected chi connectivity index (χ4v) is 5.70. The third-order valence-corrected chi connectivity index (χ3v) is 8.51. The van der Waals surface area contributed by atoms with Gasteiger partial charge in [-0.05, 0) is 43.9 Å². The minimum Gasteiger partial charge on any atom is -0.465 e. The largest absolute Gasteiger partial charge is 0.465 e. The number of carbonyl (C=O) groups excluding carboxylic acids is 4. The molecule has 0 unspecified atom stereocenters. The summed E-state index contributed by atoms with van der Waals surface area (Å²) in [6, 6.07) is -2.77. The lowest BCUT2D eigenvalue weighted by Gasteiger charge is -2.31. The highest BCUT2D eigenvalue weighted by molar-refractivity contribution is 7.09. The molecule has 6 atom stereocenters. The molecule has 0 fully saturated rings. The number of carbonyl (C=O) groups is 5. The average molecular weight is 669 g/mol. The van der Waals surface area contributed by atoms with E-state index in [1.807, 2.05) is 60.8 Å². The lowest BCUT2D eigenvalue weighted by atomic mass is 9.89. The molecule has 1 aromatic heterocycles. The third-order valence-electron chi connectivity index (χ3n) is 7.52. The van der Waals surface area contributed by atoms with E-state index in [1.165, 1.54) is 11.3 Å². The first kappa shape index (κ1) is 40.8. The van der Waals surface area contributed by atoms with Gasteiger partial charge in [0, 0.05) is 35.9 Å². The summed E-state index contributed by atoms with van der Waals surface area (Å²) < 4.78 is 0. The molecular formula is C32H56N6O7S. The topological polar surface area (TPSA) is 199 Å². The van der Waals surface area contributed by atoms with E-state index < -0.39 is 54.0 Å². The first-order valence-corrected chi connectivity index (χ1v) is 17.1. The second-order valence-corrected chi connectivity index (χ2v) is 14.2. The van der Waals surface area contributed by atoms with E-state index in [2.05, 4.69) is 31.6 Å². The maximum atomic E-state index is 13.5. The Kier molecular flexibility index (Phi) is 17.8. The first-order valence-electron chi connectivity index (χ1n) is 16.2. The number of aliphatic hydroxyl groups is 1. The average Bonchev–Trinajstić information content (AvgIpc) is 3.37. The van der Waals surface area contributed by atoms with Crippen molar-refractivity contribution in [2.75, 3.05) is 13.1 Å². The predicted octanol–water partition coefficient (Wildman–Crippen LogP) is 2.60. The van der Waals surface area contributed by atoms with Crippen molar-refractivity contribution >= 4 is 41.1 Å². The fourth-order valence-electron chi connectivity index (χ4n) is 4.80. The van der Waals surface area contributed by atoms with Crippen LogP contribution < -0.4 is 26.6 Å². The van der Waals surface area contributed by atoms with Crippen LogP contribution in [0.15, 0.2) is 5.38 Å². The summed E-state index contributed by atoms with van der Waals surface area (Å²) >= 11 is 1.43. The van der Waals surface area contributed by atoms with Crippen molar-refractivity contribution in [2.45, 2.75) is 112 Å². The molecule has 13 nitrogen and oxygen atoms in total. The van der Waals surface area contributed by atoms with Crippen LogP contribution >= 0.6 is 11.3 Å². The highest BCUT2D eigenvalue weighted by Crippen LogP contribution is 2.19. The molecule has 0 saturated carbocycles. The molecule has 7 N–H and O–H groups in total. The van der Waals surface area contributed by atoms with E-state index in [0.717, 1.165) is 10.7 Å². The van der Waals surface area contributed by atoms with Gasteiger partial charge in [0.25, 0.3) is 0 Å². The van der Waals surface area contributed by atoms with Crippen LogP contribution in [0.3, 0.4) is 0 Å². The summed E-state index contributed by atoms with van der Waals surface area (Å²) in [6.45, 7) is 17.0. The first-order chi connectivity index (χ1) is 21.4. The minimum absolute atomic E-state index is 0.0209. The number of aromatic nitrogens is 1.